The molecule has 0 amide bonds. The van der Waals surface area contributed by atoms with Gasteiger partial charge in [-0.05, 0) is 6.07 Å². The molecule has 76 valence electrons. The van der Waals surface area contributed by atoms with Crippen molar-refractivity contribution in [2.45, 2.75) is 0 Å². The second-order valence-corrected chi connectivity index (χ2v) is 2.30. The summed E-state index contributed by atoms with van der Waals surface area (Å²) in [7, 11) is 1.22. The lowest BCUT2D eigenvalue weighted by Crippen LogP contribution is -2.01. The number of rotatable bonds is 2. The van der Waals surface area contributed by atoms with E-state index in [1.165, 1.54) is 31.4 Å². The summed E-state index contributed by atoms with van der Waals surface area (Å²) in [5, 5.41) is 10.3. The minimum Gasteiger partial charge on any atom is -0.465 e. The largest absolute Gasteiger partial charge is 0.465 e. The van der Waals surface area contributed by atoms with Crippen LogP contribution < -0.4 is 0 Å². The van der Waals surface area contributed by atoms with Crippen molar-refractivity contribution in [2.24, 2.45) is 0 Å². The average molecular weight is 201 g/mol. The van der Waals surface area contributed by atoms with Crippen molar-refractivity contribution >= 4 is 11.7 Å². The molecule has 0 spiro atoms. The molecule has 0 heterocycles. The number of hydrogen-bond donors (Lipinski definition) is 0. The first-order valence-corrected chi connectivity index (χ1v) is 3.48. The van der Waals surface area contributed by atoms with Gasteiger partial charge in [0, 0.05) is 12.1 Å². The average Bonchev–Trinajstić information content (AvgIpc) is 2.17. The van der Waals surface area contributed by atoms with Crippen LogP contribution in [0.3, 0.4) is 0 Å². The molecule has 0 atom stereocenters. The predicted octanol–water partition coefficient (Wildman–Crippen LogP) is 1.53. The predicted molar refractivity (Wildman–Crippen MR) is 46.9 cm³/mol. The number of nitrogens with zero attached hydrogens (tertiary/aromatic N) is 1. The standard InChI is InChI=1S/C8H7NO4.FH/c1-13-8(10)6-3-2-4-7(5-6)9(11)12;/h2-5H,1H3;1H. The van der Waals surface area contributed by atoms with Crippen LogP contribution in [0.1, 0.15) is 10.4 Å². The van der Waals surface area contributed by atoms with Gasteiger partial charge in [0.15, 0.2) is 0 Å². The minimum atomic E-state index is -0.580. The normalized spacial score (nSPS) is 8.64. The molecule has 0 aliphatic rings. The lowest BCUT2D eigenvalue weighted by atomic mass is 10.2. The molecular formula is C8H8FNO4. The van der Waals surface area contributed by atoms with Crippen LogP contribution in [0.5, 0.6) is 0 Å². The zero-order chi connectivity index (χ0) is 9.84. The fraction of sp³-hybridized carbons (Fsp3) is 0.125. The SMILES string of the molecule is COC(=O)c1cccc([N+](=O)[O-])c1.F. The van der Waals surface area contributed by atoms with E-state index >= 15 is 0 Å². The Labute approximate surface area is 78.8 Å². The molecule has 0 aliphatic heterocycles. The van der Waals surface area contributed by atoms with Crippen molar-refractivity contribution in [1.82, 2.24) is 0 Å². The van der Waals surface area contributed by atoms with E-state index in [2.05, 4.69) is 4.74 Å². The monoisotopic (exact) mass is 201 g/mol. The third-order valence-electron chi connectivity index (χ3n) is 1.48. The number of esters is 1. The summed E-state index contributed by atoms with van der Waals surface area (Å²) in [6, 6.07) is 5.38. The summed E-state index contributed by atoms with van der Waals surface area (Å²) < 4.78 is 4.41. The van der Waals surface area contributed by atoms with Crippen molar-refractivity contribution in [3.63, 3.8) is 0 Å². The number of non-ortho nitro benzene ring substituents is 1. The molecule has 6 heteroatoms. The van der Waals surface area contributed by atoms with Crippen LogP contribution in [0.15, 0.2) is 24.3 Å². The van der Waals surface area contributed by atoms with Gasteiger partial charge >= 0.3 is 5.97 Å². The zero-order valence-electron chi connectivity index (χ0n) is 7.30. The molecule has 1 aromatic rings. The first kappa shape index (κ1) is 12.0. The number of carbonyl (C=O) groups is 1. The molecule has 0 saturated carbocycles. The number of ether oxygens (including phenoxy) is 1. The smallest absolute Gasteiger partial charge is 0.338 e. The summed E-state index contributed by atoms with van der Waals surface area (Å²) in [4.78, 5) is 20.7. The number of nitro groups is 1. The van der Waals surface area contributed by atoms with Gasteiger partial charge in [0.1, 0.15) is 0 Å². The Morgan fingerprint density at radius 3 is 2.64 bits per heavy atom. The summed E-state index contributed by atoms with van der Waals surface area (Å²) in [6.07, 6.45) is 0. The zero-order valence-corrected chi connectivity index (χ0v) is 7.30. The summed E-state index contributed by atoms with van der Waals surface area (Å²) in [5.74, 6) is -0.580. The highest BCUT2D eigenvalue weighted by atomic mass is 19.0. The van der Waals surface area contributed by atoms with Crippen LogP contribution in [0, 0.1) is 10.1 Å². The summed E-state index contributed by atoms with van der Waals surface area (Å²) in [5.41, 5.74) is 0.0552. The van der Waals surface area contributed by atoms with Crippen molar-refractivity contribution in [1.29, 1.82) is 0 Å². The number of benzene rings is 1. The Kier molecular flexibility index (Phi) is 4.21. The second-order valence-electron chi connectivity index (χ2n) is 2.30. The fourth-order valence-electron chi connectivity index (χ4n) is 0.864. The van der Waals surface area contributed by atoms with Crippen molar-refractivity contribution in [3.05, 3.63) is 39.9 Å². The van der Waals surface area contributed by atoms with Gasteiger partial charge in [-0.3, -0.25) is 14.8 Å². The van der Waals surface area contributed by atoms with E-state index in [4.69, 9.17) is 0 Å². The molecule has 14 heavy (non-hydrogen) atoms. The van der Waals surface area contributed by atoms with Gasteiger partial charge in [-0.25, -0.2) is 4.79 Å². The molecule has 1 rings (SSSR count). The Bertz CT molecular complexity index is 353. The molecule has 0 bridgehead atoms. The van der Waals surface area contributed by atoms with Crippen LogP contribution in [0.4, 0.5) is 10.4 Å². The highest BCUT2D eigenvalue weighted by Gasteiger charge is 2.10. The van der Waals surface area contributed by atoms with Crippen molar-refractivity contribution < 1.29 is 19.2 Å². The lowest BCUT2D eigenvalue weighted by Gasteiger charge is -1.97. The van der Waals surface area contributed by atoms with Gasteiger partial charge in [0.25, 0.3) is 5.69 Å². The van der Waals surface area contributed by atoms with E-state index in [9.17, 15) is 14.9 Å². The maximum absolute atomic E-state index is 10.9. The first-order valence-electron chi connectivity index (χ1n) is 3.48. The van der Waals surface area contributed by atoms with Gasteiger partial charge < -0.3 is 4.74 Å². The summed E-state index contributed by atoms with van der Waals surface area (Å²) >= 11 is 0. The fourth-order valence-corrected chi connectivity index (χ4v) is 0.864. The lowest BCUT2D eigenvalue weighted by molar-refractivity contribution is -0.384. The van der Waals surface area contributed by atoms with Crippen LogP contribution in [-0.4, -0.2) is 18.0 Å². The second kappa shape index (κ2) is 4.90. The molecule has 0 radical (unpaired) electrons. The van der Waals surface area contributed by atoms with Gasteiger partial charge in [-0.1, -0.05) is 6.07 Å². The maximum Gasteiger partial charge on any atom is 0.338 e. The third-order valence-corrected chi connectivity index (χ3v) is 1.48. The quantitative estimate of drug-likeness (QED) is 0.413. The van der Waals surface area contributed by atoms with Crippen LogP contribution in [-0.2, 0) is 4.74 Å². The highest BCUT2D eigenvalue weighted by molar-refractivity contribution is 5.89. The molecule has 0 fully saturated rings. The number of methoxy groups -OCH3 is 1. The van der Waals surface area contributed by atoms with Crippen LogP contribution in [0.25, 0.3) is 0 Å². The molecule has 0 aliphatic carbocycles. The van der Waals surface area contributed by atoms with E-state index in [-0.39, 0.29) is 16.0 Å². The number of carbonyl (C=O) groups excluding carboxylic acids is 1. The number of hydrogen-bond acceptors (Lipinski definition) is 4. The summed E-state index contributed by atoms with van der Waals surface area (Å²) in [6.45, 7) is 0. The van der Waals surface area contributed by atoms with Gasteiger partial charge in [0.2, 0.25) is 0 Å². The Hall–Kier alpha value is -1.98. The molecule has 0 saturated heterocycles. The van der Waals surface area contributed by atoms with E-state index in [0.29, 0.717) is 0 Å². The molecule has 0 N–H and O–H groups in total. The molecule has 5 nitrogen and oxygen atoms in total. The highest BCUT2D eigenvalue weighted by Crippen LogP contribution is 2.13. The topological polar surface area (TPSA) is 69.4 Å². The van der Waals surface area contributed by atoms with Crippen molar-refractivity contribution in [3.8, 4) is 0 Å². The van der Waals surface area contributed by atoms with Gasteiger partial charge in [-0.15, -0.1) is 0 Å². The maximum atomic E-state index is 10.9. The minimum absolute atomic E-state index is 0. The Morgan fingerprint density at radius 2 is 2.14 bits per heavy atom. The van der Waals surface area contributed by atoms with E-state index in [1.54, 1.807) is 0 Å². The first-order chi connectivity index (χ1) is 6.15. The molecule has 0 unspecified atom stereocenters. The molecule has 0 aromatic heterocycles. The van der Waals surface area contributed by atoms with Crippen LogP contribution in [0.2, 0.25) is 0 Å². The third kappa shape index (κ3) is 2.51. The van der Waals surface area contributed by atoms with E-state index < -0.39 is 10.9 Å². The van der Waals surface area contributed by atoms with Gasteiger partial charge in [0.05, 0.1) is 17.6 Å². The Morgan fingerprint density at radius 1 is 1.50 bits per heavy atom. The van der Waals surface area contributed by atoms with Crippen LogP contribution >= 0.6 is 0 Å². The number of halogens is 1. The Balaban J connectivity index is 0.00000169. The van der Waals surface area contributed by atoms with Gasteiger partial charge in [-0.2, -0.15) is 0 Å². The van der Waals surface area contributed by atoms with E-state index in [0.717, 1.165) is 0 Å². The molecular weight excluding hydrogens is 193 g/mol. The number of nitro benzene ring substituents is 1. The molecule has 1 aromatic carbocycles. The van der Waals surface area contributed by atoms with Crippen molar-refractivity contribution in [2.75, 3.05) is 7.11 Å². The van der Waals surface area contributed by atoms with E-state index in [1.807, 2.05) is 0 Å².